The Morgan fingerprint density at radius 2 is 1.96 bits per heavy atom. The van der Waals surface area contributed by atoms with Crippen LogP contribution in [0, 0.1) is 0 Å². The fourth-order valence-corrected chi connectivity index (χ4v) is 2.96. The molecule has 0 aliphatic carbocycles. The minimum Gasteiger partial charge on any atom is -0.353 e. The van der Waals surface area contributed by atoms with Gasteiger partial charge < -0.3 is 9.88 Å². The zero-order chi connectivity index (χ0) is 17.4. The number of likely N-dealkylation sites (N-methyl/N-ethyl adjacent to an activating group) is 1. The Morgan fingerprint density at radius 3 is 2.54 bits per heavy atom. The van der Waals surface area contributed by atoms with Crippen LogP contribution in [0.25, 0.3) is 0 Å². The predicted octanol–water partition coefficient (Wildman–Crippen LogP) is 2.51. The van der Waals surface area contributed by atoms with E-state index in [1.807, 2.05) is 23.8 Å². The van der Waals surface area contributed by atoms with Crippen LogP contribution in [0.5, 0.6) is 0 Å². The summed E-state index contributed by atoms with van der Waals surface area (Å²) in [5.74, 6) is 0.0261. The third kappa shape index (κ3) is 4.93. The molecule has 1 amide bonds. The van der Waals surface area contributed by atoms with Gasteiger partial charge in [-0.05, 0) is 32.0 Å². The average Bonchev–Trinajstić information content (AvgIpc) is 3.15. The number of imidazole rings is 1. The van der Waals surface area contributed by atoms with Crippen LogP contribution in [0.3, 0.4) is 0 Å². The molecule has 1 aromatic heterocycles. The predicted molar refractivity (Wildman–Crippen MR) is 96.8 cm³/mol. The maximum absolute atomic E-state index is 12.4. The third-order valence-electron chi connectivity index (χ3n) is 4.51. The molecule has 5 nitrogen and oxygen atoms in total. The molecule has 130 valence electrons. The Bertz CT molecular complexity index is 593. The van der Waals surface area contributed by atoms with Gasteiger partial charge in [-0.3, -0.25) is 9.69 Å². The largest absolute Gasteiger partial charge is 0.353 e. The van der Waals surface area contributed by atoms with E-state index >= 15 is 0 Å². The van der Waals surface area contributed by atoms with Crippen LogP contribution < -0.4 is 5.32 Å². The second kappa shape index (κ2) is 9.23. The summed E-state index contributed by atoms with van der Waals surface area (Å²) < 4.78 is 1.82. The smallest absolute Gasteiger partial charge is 0.242 e. The fourth-order valence-electron chi connectivity index (χ4n) is 2.96. The lowest BCUT2D eigenvalue weighted by atomic mass is 10.0. The van der Waals surface area contributed by atoms with E-state index in [1.54, 1.807) is 12.5 Å². The SMILES string of the molecule is CCN(CC)C(CNC(=O)C(C)n1ccnc1)Cc1ccccc1. The summed E-state index contributed by atoms with van der Waals surface area (Å²) in [7, 11) is 0. The first-order chi connectivity index (χ1) is 11.7. The van der Waals surface area contributed by atoms with Gasteiger partial charge in [-0.15, -0.1) is 0 Å². The number of nitrogens with zero attached hydrogens (tertiary/aromatic N) is 3. The molecule has 0 aliphatic rings. The standard InChI is InChI=1S/C19H28N4O/c1-4-22(5-2)18(13-17-9-7-6-8-10-17)14-21-19(24)16(3)23-12-11-20-15-23/h6-12,15-16,18H,4-5,13-14H2,1-3H3,(H,21,24). The third-order valence-corrected chi connectivity index (χ3v) is 4.51. The molecule has 0 spiro atoms. The molecule has 0 bridgehead atoms. The number of benzene rings is 1. The van der Waals surface area contributed by atoms with Crippen molar-refractivity contribution in [2.75, 3.05) is 19.6 Å². The van der Waals surface area contributed by atoms with Crippen molar-refractivity contribution in [2.24, 2.45) is 0 Å². The molecule has 0 saturated heterocycles. The maximum atomic E-state index is 12.4. The van der Waals surface area contributed by atoms with Gasteiger partial charge in [0.25, 0.3) is 0 Å². The summed E-state index contributed by atoms with van der Waals surface area (Å²) in [5, 5.41) is 3.11. The number of rotatable bonds is 9. The van der Waals surface area contributed by atoms with Gasteiger partial charge in [-0.1, -0.05) is 44.2 Å². The van der Waals surface area contributed by atoms with Gasteiger partial charge in [0.15, 0.2) is 0 Å². The number of amides is 1. The van der Waals surface area contributed by atoms with Crippen molar-refractivity contribution in [1.29, 1.82) is 0 Å². The molecule has 0 saturated carbocycles. The van der Waals surface area contributed by atoms with E-state index in [1.165, 1.54) is 5.56 Å². The molecule has 0 aliphatic heterocycles. The molecule has 2 unspecified atom stereocenters. The fraction of sp³-hybridized carbons (Fsp3) is 0.474. The highest BCUT2D eigenvalue weighted by atomic mass is 16.2. The van der Waals surface area contributed by atoms with Gasteiger partial charge in [-0.2, -0.15) is 0 Å². The first-order valence-electron chi connectivity index (χ1n) is 8.68. The van der Waals surface area contributed by atoms with Gasteiger partial charge in [0.05, 0.1) is 6.33 Å². The summed E-state index contributed by atoms with van der Waals surface area (Å²) in [6, 6.07) is 10.5. The van der Waals surface area contributed by atoms with Gasteiger partial charge in [-0.25, -0.2) is 4.98 Å². The second-order valence-corrected chi connectivity index (χ2v) is 6.00. The van der Waals surface area contributed by atoms with Crippen LogP contribution in [-0.2, 0) is 11.2 Å². The molecule has 2 atom stereocenters. The van der Waals surface area contributed by atoms with E-state index in [0.717, 1.165) is 19.5 Å². The molecule has 5 heteroatoms. The van der Waals surface area contributed by atoms with Crippen LogP contribution in [0.4, 0.5) is 0 Å². The van der Waals surface area contributed by atoms with Crippen molar-refractivity contribution in [3.8, 4) is 0 Å². The van der Waals surface area contributed by atoms with Crippen LogP contribution in [-0.4, -0.2) is 46.0 Å². The number of nitrogens with one attached hydrogen (secondary N) is 1. The summed E-state index contributed by atoms with van der Waals surface area (Å²) in [5.41, 5.74) is 1.30. The van der Waals surface area contributed by atoms with E-state index < -0.39 is 0 Å². The second-order valence-electron chi connectivity index (χ2n) is 6.00. The van der Waals surface area contributed by atoms with E-state index in [-0.39, 0.29) is 11.9 Å². The van der Waals surface area contributed by atoms with E-state index in [4.69, 9.17) is 0 Å². The van der Waals surface area contributed by atoms with Crippen molar-refractivity contribution >= 4 is 5.91 Å². The highest BCUT2D eigenvalue weighted by molar-refractivity contribution is 5.79. The average molecular weight is 328 g/mol. The number of hydrogen-bond donors (Lipinski definition) is 1. The molecule has 0 radical (unpaired) electrons. The number of aromatic nitrogens is 2. The normalized spacial score (nSPS) is 13.7. The van der Waals surface area contributed by atoms with Crippen molar-refractivity contribution < 1.29 is 4.79 Å². The highest BCUT2D eigenvalue weighted by Gasteiger charge is 2.20. The van der Waals surface area contributed by atoms with Crippen molar-refractivity contribution in [2.45, 2.75) is 39.3 Å². The molecule has 1 heterocycles. The number of carbonyl (C=O) groups is 1. The molecule has 0 fully saturated rings. The topological polar surface area (TPSA) is 50.2 Å². The molecular weight excluding hydrogens is 300 g/mol. The zero-order valence-electron chi connectivity index (χ0n) is 14.9. The molecule has 2 rings (SSSR count). The Kier molecular flexibility index (Phi) is 7.00. The Morgan fingerprint density at radius 1 is 1.25 bits per heavy atom. The van der Waals surface area contributed by atoms with Crippen LogP contribution in [0.15, 0.2) is 49.1 Å². The minimum absolute atomic E-state index is 0.0261. The van der Waals surface area contributed by atoms with Crippen molar-refractivity contribution in [3.63, 3.8) is 0 Å². The lowest BCUT2D eigenvalue weighted by Crippen LogP contribution is -2.46. The van der Waals surface area contributed by atoms with E-state index in [0.29, 0.717) is 12.6 Å². The van der Waals surface area contributed by atoms with Gasteiger partial charge >= 0.3 is 0 Å². The lowest BCUT2D eigenvalue weighted by molar-refractivity contribution is -0.124. The summed E-state index contributed by atoms with van der Waals surface area (Å²) in [6.45, 7) is 8.81. The van der Waals surface area contributed by atoms with Crippen molar-refractivity contribution in [3.05, 3.63) is 54.6 Å². The first-order valence-corrected chi connectivity index (χ1v) is 8.68. The Labute approximate surface area is 144 Å². The molecule has 2 aromatic rings. The molecule has 1 N–H and O–H groups in total. The van der Waals surface area contributed by atoms with Crippen molar-refractivity contribution in [1.82, 2.24) is 19.8 Å². The first kappa shape index (κ1) is 18.2. The van der Waals surface area contributed by atoms with Gasteiger partial charge in [0.1, 0.15) is 6.04 Å². The number of carbonyl (C=O) groups excluding carboxylic acids is 1. The quantitative estimate of drug-likeness (QED) is 0.769. The Balaban J connectivity index is 1.98. The summed E-state index contributed by atoms with van der Waals surface area (Å²) >= 11 is 0. The van der Waals surface area contributed by atoms with Crippen LogP contribution >= 0.6 is 0 Å². The molecular formula is C19H28N4O. The lowest BCUT2D eigenvalue weighted by Gasteiger charge is -2.30. The monoisotopic (exact) mass is 328 g/mol. The van der Waals surface area contributed by atoms with Crippen LogP contribution in [0.2, 0.25) is 0 Å². The highest BCUT2D eigenvalue weighted by Crippen LogP contribution is 2.10. The van der Waals surface area contributed by atoms with Crippen LogP contribution in [0.1, 0.15) is 32.4 Å². The number of hydrogen-bond acceptors (Lipinski definition) is 3. The van der Waals surface area contributed by atoms with Gasteiger partial charge in [0.2, 0.25) is 5.91 Å². The van der Waals surface area contributed by atoms with Gasteiger partial charge in [0, 0.05) is 25.0 Å². The molecule has 24 heavy (non-hydrogen) atoms. The van der Waals surface area contributed by atoms with E-state index in [9.17, 15) is 4.79 Å². The zero-order valence-corrected chi connectivity index (χ0v) is 14.9. The summed E-state index contributed by atoms with van der Waals surface area (Å²) in [6.07, 6.45) is 6.12. The Hall–Kier alpha value is -2.14. The maximum Gasteiger partial charge on any atom is 0.242 e. The summed E-state index contributed by atoms with van der Waals surface area (Å²) in [4.78, 5) is 18.8. The minimum atomic E-state index is -0.249. The van der Waals surface area contributed by atoms with E-state index in [2.05, 4.69) is 53.3 Å². The molecule has 1 aromatic carbocycles.